The second kappa shape index (κ2) is 9.09. The molecular formula is C19H19ClN4O4. The first kappa shape index (κ1) is 19.5. The molecule has 1 unspecified atom stereocenters. The number of anilines is 1. The summed E-state index contributed by atoms with van der Waals surface area (Å²) in [5, 5.41) is 22.7. The van der Waals surface area contributed by atoms with Crippen molar-refractivity contribution in [2.24, 2.45) is 0 Å². The van der Waals surface area contributed by atoms with Crippen molar-refractivity contribution in [3.63, 3.8) is 0 Å². The summed E-state index contributed by atoms with van der Waals surface area (Å²) in [7, 11) is 1.60. The lowest BCUT2D eigenvalue weighted by atomic mass is 10.0. The molecule has 0 bridgehead atoms. The first-order valence-corrected chi connectivity index (χ1v) is 8.87. The van der Waals surface area contributed by atoms with Crippen molar-refractivity contribution in [2.75, 3.05) is 12.4 Å². The summed E-state index contributed by atoms with van der Waals surface area (Å²) in [5.41, 5.74) is 1.60. The number of rotatable bonds is 7. The van der Waals surface area contributed by atoms with Gasteiger partial charge < -0.3 is 24.9 Å². The van der Waals surface area contributed by atoms with Gasteiger partial charge in [0.05, 0.1) is 7.11 Å². The fraction of sp³-hybridized carbons (Fsp3) is 0.211. The Bertz CT molecular complexity index is 912. The van der Waals surface area contributed by atoms with Crippen molar-refractivity contribution >= 4 is 23.3 Å². The molecule has 0 aliphatic heterocycles. The van der Waals surface area contributed by atoms with Crippen molar-refractivity contribution in [1.29, 1.82) is 0 Å². The van der Waals surface area contributed by atoms with Crippen LogP contribution in [0.15, 0.2) is 52.9 Å². The first-order chi connectivity index (χ1) is 13.5. The average molecular weight is 403 g/mol. The van der Waals surface area contributed by atoms with E-state index in [1.54, 1.807) is 31.4 Å². The summed E-state index contributed by atoms with van der Waals surface area (Å²) >= 11 is 5.86. The second-order valence-corrected chi connectivity index (χ2v) is 6.47. The molecule has 2 amide bonds. The van der Waals surface area contributed by atoms with Crippen LogP contribution >= 0.6 is 11.6 Å². The van der Waals surface area contributed by atoms with Crippen molar-refractivity contribution in [2.45, 2.75) is 18.9 Å². The van der Waals surface area contributed by atoms with Gasteiger partial charge in [0.2, 0.25) is 5.89 Å². The molecule has 0 spiro atoms. The summed E-state index contributed by atoms with van der Waals surface area (Å²) in [6.07, 6.45) is 0.262. The lowest BCUT2D eigenvalue weighted by molar-refractivity contribution is 0.247. The normalized spacial score (nSPS) is 11.6. The number of benzene rings is 2. The van der Waals surface area contributed by atoms with Gasteiger partial charge in [-0.3, -0.25) is 0 Å². The zero-order valence-corrected chi connectivity index (χ0v) is 15.8. The maximum atomic E-state index is 12.4. The van der Waals surface area contributed by atoms with E-state index in [1.165, 1.54) is 0 Å². The largest absolute Gasteiger partial charge is 0.497 e. The number of carbonyl (C=O) groups excluding carboxylic acids is 1. The molecule has 3 rings (SSSR count). The topological polar surface area (TPSA) is 110 Å². The SMILES string of the molecule is COc1ccc(CC(Cc2nnc(O)o2)NC(=O)Nc2ccc(Cl)cc2)cc1. The molecule has 28 heavy (non-hydrogen) atoms. The number of nitrogens with one attached hydrogen (secondary N) is 2. The Kier molecular flexibility index (Phi) is 6.33. The maximum absolute atomic E-state index is 12.4. The highest BCUT2D eigenvalue weighted by atomic mass is 35.5. The lowest BCUT2D eigenvalue weighted by Crippen LogP contribution is -2.40. The zero-order chi connectivity index (χ0) is 19.9. The molecule has 1 aromatic heterocycles. The van der Waals surface area contributed by atoms with Gasteiger partial charge >= 0.3 is 12.1 Å². The van der Waals surface area contributed by atoms with Gasteiger partial charge in [-0.1, -0.05) is 28.8 Å². The molecule has 0 saturated carbocycles. The standard InChI is InChI=1S/C19H19ClN4O4/c1-27-16-8-2-12(3-9-16)10-15(11-17-23-24-19(26)28-17)22-18(25)21-14-6-4-13(20)5-7-14/h2-9,15H,10-11H2,1H3,(H,24,26)(H2,21,22,25). The molecule has 2 aromatic carbocycles. The van der Waals surface area contributed by atoms with Crippen molar-refractivity contribution in [3.05, 3.63) is 65.0 Å². The number of aromatic nitrogens is 2. The molecule has 3 N–H and O–H groups in total. The number of ether oxygens (including phenoxy) is 1. The molecule has 1 atom stereocenters. The third-order valence-electron chi connectivity index (χ3n) is 3.96. The number of carbonyl (C=O) groups is 1. The summed E-state index contributed by atoms with van der Waals surface area (Å²) in [6, 6.07) is 13.6. The van der Waals surface area contributed by atoms with Crippen molar-refractivity contribution in [3.8, 4) is 11.8 Å². The van der Waals surface area contributed by atoms with E-state index in [2.05, 4.69) is 20.8 Å². The smallest absolute Gasteiger partial charge is 0.412 e. The monoisotopic (exact) mass is 402 g/mol. The number of hydrogen-bond acceptors (Lipinski definition) is 6. The average Bonchev–Trinajstić information content (AvgIpc) is 3.09. The number of amides is 2. The van der Waals surface area contributed by atoms with E-state index in [0.717, 1.165) is 11.3 Å². The van der Waals surface area contributed by atoms with Crippen LogP contribution in [0.25, 0.3) is 0 Å². The molecule has 0 fully saturated rings. The van der Waals surface area contributed by atoms with Crippen LogP contribution in [0.3, 0.4) is 0 Å². The van der Waals surface area contributed by atoms with Gasteiger partial charge in [0.1, 0.15) is 5.75 Å². The lowest BCUT2D eigenvalue weighted by Gasteiger charge is -2.18. The number of urea groups is 1. The van der Waals surface area contributed by atoms with Crippen LogP contribution in [0.4, 0.5) is 10.5 Å². The van der Waals surface area contributed by atoms with Gasteiger partial charge in [-0.2, -0.15) is 0 Å². The van der Waals surface area contributed by atoms with E-state index in [4.69, 9.17) is 20.8 Å². The highest BCUT2D eigenvalue weighted by Crippen LogP contribution is 2.16. The fourth-order valence-electron chi connectivity index (χ4n) is 2.64. The van der Waals surface area contributed by atoms with Gasteiger partial charge in [-0.15, -0.1) is 5.10 Å². The molecule has 0 radical (unpaired) electrons. The molecular weight excluding hydrogens is 384 g/mol. The molecule has 3 aromatic rings. The minimum Gasteiger partial charge on any atom is -0.497 e. The minimum absolute atomic E-state index is 0.225. The van der Waals surface area contributed by atoms with Gasteiger partial charge in [0.15, 0.2) is 0 Å². The molecule has 0 saturated heterocycles. The molecule has 0 aliphatic rings. The van der Waals surface area contributed by atoms with E-state index in [-0.39, 0.29) is 24.4 Å². The van der Waals surface area contributed by atoms with Crippen LogP contribution in [-0.2, 0) is 12.8 Å². The third-order valence-corrected chi connectivity index (χ3v) is 4.21. The Morgan fingerprint density at radius 3 is 2.46 bits per heavy atom. The number of halogens is 1. The Morgan fingerprint density at radius 2 is 1.86 bits per heavy atom. The maximum Gasteiger partial charge on any atom is 0.412 e. The summed E-state index contributed by atoms with van der Waals surface area (Å²) in [4.78, 5) is 12.4. The van der Waals surface area contributed by atoms with E-state index in [1.807, 2.05) is 24.3 Å². The Hall–Kier alpha value is -3.26. The quantitative estimate of drug-likeness (QED) is 0.558. The third kappa shape index (κ3) is 5.62. The molecule has 1 heterocycles. The van der Waals surface area contributed by atoms with Crippen LogP contribution < -0.4 is 15.4 Å². The van der Waals surface area contributed by atoms with E-state index in [0.29, 0.717) is 17.1 Å². The molecule has 0 aliphatic carbocycles. The molecule has 9 heteroatoms. The van der Waals surface area contributed by atoms with Crippen molar-refractivity contribution in [1.82, 2.24) is 15.5 Å². The van der Waals surface area contributed by atoms with Crippen LogP contribution in [0.1, 0.15) is 11.5 Å². The van der Waals surface area contributed by atoms with Crippen LogP contribution in [0, 0.1) is 0 Å². The number of hydrogen-bond donors (Lipinski definition) is 3. The second-order valence-electron chi connectivity index (χ2n) is 6.04. The van der Waals surface area contributed by atoms with Crippen LogP contribution in [0.2, 0.25) is 5.02 Å². The van der Waals surface area contributed by atoms with E-state index < -0.39 is 6.08 Å². The van der Waals surface area contributed by atoms with Crippen molar-refractivity contribution < 1.29 is 19.1 Å². The predicted molar refractivity (Wildman–Crippen MR) is 104 cm³/mol. The fourth-order valence-corrected chi connectivity index (χ4v) is 2.77. The molecule has 146 valence electrons. The van der Waals surface area contributed by atoms with Gasteiger partial charge in [0.25, 0.3) is 0 Å². The van der Waals surface area contributed by atoms with Gasteiger partial charge in [-0.25, -0.2) is 4.79 Å². The Morgan fingerprint density at radius 1 is 1.14 bits per heavy atom. The van der Waals surface area contributed by atoms with E-state index >= 15 is 0 Å². The Balaban J connectivity index is 1.68. The van der Waals surface area contributed by atoms with E-state index in [9.17, 15) is 9.90 Å². The number of methoxy groups -OCH3 is 1. The number of aromatic hydroxyl groups is 1. The predicted octanol–water partition coefficient (Wildman–Crippen LogP) is 3.41. The summed E-state index contributed by atoms with van der Waals surface area (Å²) < 4.78 is 10.2. The zero-order valence-electron chi connectivity index (χ0n) is 15.1. The summed E-state index contributed by atoms with van der Waals surface area (Å²) in [5.74, 6) is 0.971. The first-order valence-electron chi connectivity index (χ1n) is 8.49. The van der Waals surface area contributed by atoms with Gasteiger partial charge in [0, 0.05) is 23.2 Å². The van der Waals surface area contributed by atoms with Crippen LogP contribution in [0.5, 0.6) is 11.8 Å². The van der Waals surface area contributed by atoms with Crippen LogP contribution in [-0.4, -0.2) is 34.5 Å². The Labute approximate surface area is 166 Å². The minimum atomic E-state index is -0.510. The summed E-state index contributed by atoms with van der Waals surface area (Å²) in [6.45, 7) is 0. The highest BCUT2D eigenvalue weighted by Gasteiger charge is 2.18. The van der Waals surface area contributed by atoms with Gasteiger partial charge in [-0.05, 0) is 48.4 Å². The highest BCUT2D eigenvalue weighted by molar-refractivity contribution is 6.30. The molecule has 8 nitrogen and oxygen atoms in total. The number of nitrogens with zero attached hydrogens (tertiary/aromatic N) is 2.